The molecule has 0 N–H and O–H groups in total. The maximum atomic E-state index is 3.91. The lowest BCUT2D eigenvalue weighted by atomic mass is 10.0. The lowest BCUT2D eigenvalue weighted by Gasteiger charge is -2.14. The van der Waals surface area contributed by atoms with Crippen molar-refractivity contribution in [1.29, 1.82) is 0 Å². The van der Waals surface area contributed by atoms with Crippen molar-refractivity contribution in [2.45, 2.75) is 45.9 Å². The first-order valence-electron chi connectivity index (χ1n) is 5.15. The van der Waals surface area contributed by atoms with E-state index in [0.29, 0.717) is 16.7 Å². The third-order valence-corrected chi connectivity index (χ3v) is 7.83. The number of alkyl halides is 1. The summed E-state index contributed by atoms with van der Waals surface area (Å²) < 4.78 is 1.42. The van der Waals surface area contributed by atoms with E-state index in [1.807, 2.05) is 0 Å². The van der Waals surface area contributed by atoms with Crippen LogP contribution in [0.3, 0.4) is 0 Å². The molecule has 0 unspecified atom stereocenters. The Morgan fingerprint density at radius 2 is 1.43 bits per heavy atom. The third kappa shape index (κ3) is 1.36. The highest BCUT2D eigenvalue weighted by atomic mass is 79.9. The average Bonchev–Trinajstić information content (AvgIpc) is 2.28. The molecule has 1 aliphatic carbocycles. The van der Waals surface area contributed by atoms with E-state index in [0.717, 1.165) is 0 Å². The maximum Gasteiger partial charge on any atom is 0.0681 e. The molecule has 0 saturated heterocycles. The van der Waals surface area contributed by atoms with Crippen LogP contribution in [0.5, 0.6) is 0 Å². The van der Waals surface area contributed by atoms with E-state index < -0.39 is 0 Å². The average molecular weight is 324 g/mol. The molecule has 0 aliphatic heterocycles. The first-order chi connectivity index (χ1) is 6.09. The quantitative estimate of drug-likeness (QED) is 0.619. The van der Waals surface area contributed by atoms with Gasteiger partial charge in [0.2, 0.25) is 0 Å². The molecule has 1 aliphatic rings. The maximum absolute atomic E-state index is 3.91. The van der Waals surface area contributed by atoms with Gasteiger partial charge in [0.1, 0.15) is 0 Å². The molecule has 0 heterocycles. The Bertz CT molecular complexity index is 258. The fraction of sp³-hybridized carbons (Fsp3) is 0.833. The van der Waals surface area contributed by atoms with Gasteiger partial charge in [-0.05, 0) is 16.7 Å². The van der Waals surface area contributed by atoms with Crippen molar-refractivity contribution in [3.63, 3.8) is 0 Å². The summed E-state index contributed by atoms with van der Waals surface area (Å²) in [7, 11) is 0. The zero-order chi connectivity index (χ0) is 11.4. The Morgan fingerprint density at radius 3 is 1.64 bits per heavy atom. The highest BCUT2D eigenvalue weighted by molar-refractivity contribution is 9.14. The van der Waals surface area contributed by atoms with Crippen LogP contribution in [0.15, 0.2) is 10.6 Å². The van der Waals surface area contributed by atoms with Crippen LogP contribution in [-0.4, -0.2) is 4.32 Å². The minimum atomic E-state index is 0.122. The second-order valence-electron chi connectivity index (χ2n) is 5.67. The van der Waals surface area contributed by atoms with Crippen LogP contribution in [0, 0.1) is 16.7 Å². The van der Waals surface area contributed by atoms with Gasteiger partial charge in [-0.2, -0.15) is 0 Å². The fourth-order valence-corrected chi connectivity index (χ4v) is 4.79. The van der Waals surface area contributed by atoms with Gasteiger partial charge in [-0.25, -0.2) is 0 Å². The molecule has 1 rings (SSSR count). The molecular formula is C12H20Br2. The Hall–Kier alpha value is 0.700. The summed E-state index contributed by atoms with van der Waals surface area (Å²) >= 11 is 7.64. The Kier molecular flexibility index (Phi) is 3.05. The second-order valence-corrected chi connectivity index (χ2v) is 7.71. The SMILES string of the molecule is CC(C)/C=C(\Br)C1(Br)C(C)(C)C1(C)C. The van der Waals surface area contributed by atoms with Crippen LogP contribution in [0.4, 0.5) is 0 Å². The number of rotatable bonds is 2. The first-order valence-corrected chi connectivity index (χ1v) is 6.74. The minimum absolute atomic E-state index is 0.122. The lowest BCUT2D eigenvalue weighted by molar-refractivity contribution is 0.457. The molecule has 0 aromatic carbocycles. The predicted octanol–water partition coefficient (Wildman–Crippen LogP) is 5.12. The van der Waals surface area contributed by atoms with E-state index in [1.165, 1.54) is 4.48 Å². The monoisotopic (exact) mass is 322 g/mol. The van der Waals surface area contributed by atoms with Crippen molar-refractivity contribution in [2.24, 2.45) is 16.7 Å². The molecule has 82 valence electrons. The van der Waals surface area contributed by atoms with Crippen LogP contribution >= 0.6 is 31.9 Å². The summed E-state index contributed by atoms with van der Waals surface area (Å²) in [5, 5.41) is 0. The predicted molar refractivity (Wildman–Crippen MR) is 71.1 cm³/mol. The summed E-state index contributed by atoms with van der Waals surface area (Å²) in [5.41, 5.74) is 0.619. The molecule has 1 fully saturated rings. The van der Waals surface area contributed by atoms with E-state index in [-0.39, 0.29) is 4.32 Å². The highest BCUT2D eigenvalue weighted by Gasteiger charge is 2.77. The van der Waals surface area contributed by atoms with E-state index in [9.17, 15) is 0 Å². The molecule has 0 nitrogen and oxygen atoms in total. The largest absolute Gasteiger partial charge is 0.0783 e. The fourth-order valence-electron chi connectivity index (χ4n) is 2.25. The zero-order valence-corrected chi connectivity index (χ0v) is 13.1. The van der Waals surface area contributed by atoms with Crippen LogP contribution in [-0.2, 0) is 0 Å². The van der Waals surface area contributed by atoms with Gasteiger partial charge in [-0.3, -0.25) is 0 Å². The summed E-state index contributed by atoms with van der Waals surface area (Å²) in [6, 6.07) is 0. The molecule has 0 bridgehead atoms. The first kappa shape index (κ1) is 12.8. The van der Waals surface area contributed by atoms with Gasteiger partial charge >= 0.3 is 0 Å². The molecule has 0 amide bonds. The van der Waals surface area contributed by atoms with Gasteiger partial charge in [0.15, 0.2) is 0 Å². The van der Waals surface area contributed by atoms with Crippen LogP contribution in [0.1, 0.15) is 41.5 Å². The van der Waals surface area contributed by atoms with Crippen molar-refractivity contribution in [2.75, 3.05) is 0 Å². The van der Waals surface area contributed by atoms with E-state index in [2.05, 4.69) is 79.5 Å². The third-order valence-electron chi connectivity index (χ3n) is 4.03. The molecule has 2 heteroatoms. The Balaban J connectivity index is 3.02. The Morgan fingerprint density at radius 1 is 1.07 bits per heavy atom. The van der Waals surface area contributed by atoms with Gasteiger partial charge < -0.3 is 0 Å². The summed E-state index contributed by atoms with van der Waals surface area (Å²) in [6.45, 7) is 13.7. The topological polar surface area (TPSA) is 0 Å². The summed E-state index contributed by atoms with van der Waals surface area (Å²) in [5.74, 6) is 0.589. The standard InChI is InChI=1S/C12H20Br2/c1-8(2)7-9(13)12(14)10(3,4)11(12,5)6/h7-8H,1-6H3/b9-7-. The molecule has 1 saturated carbocycles. The molecule has 0 radical (unpaired) electrons. The van der Waals surface area contributed by atoms with Crippen LogP contribution < -0.4 is 0 Å². The smallest absolute Gasteiger partial charge is 0.0681 e. The second kappa shape index (κ2) is 3.35. The van der Waals surface area contributed by atoms with Crippen molar-refractivity contribution in [3.8, 4) is 0 Å². The summed E-state index contributed by atoms with van der Waals surface area (Å²) in [4.78, 5) is 0. The number of halogens is 2. The summed E-state index contributed by atoms with van der Waals surface area (Å²) in [6.07, 6.45) is 2.30. The molecule has 0 aromatic rings. The Labute approximate surface area is 105 Å². The van der Waals surface area contributed by atoms with Gasteiger partial charge in [-0.1, -0.05) is 79.5 Å². The van der Waals surface area contributed by atoms with E-state index >= 15 is 0 Å². The van der Waals surface area contributed by atoms with E-state index in [4.69, 9.17) is 0 Å². The van der Waals surface area contributed by atoms with Crippen molar-refractivity contribution in [3.05, 3.63) is 10.6 Å². The van der Waals surface area contributed by atoms with Gasteiger partial charge in [-0.15, -0.1) is 0 Å². The highest BCUT2D eigenvalue weighted by Crippen LogP contribution is 2.79. The van der Waals surface area contributed by atoms with Crippen LogP contribution in [0.25, 0.3) is 0 Å². The van der Waals surface area contributed by atoms with Gasteiger partial charge in [0.05, 0.1) is 4.32 Å². The number of hydrogen-bond acceptors (Lipinski definition) is 0. The normalized spacial score (nSPS) is 27.9. The van der Waals surface area contributed by atoms with Crippen LogP contribution in [0.2, 0.25) is 0 Å². The number of hydrogen-bond donors (Lipinski definition) is 0. The van der Waals surface area contributed by atoms with Crippen molar-refractivity contribution in [1.82, 2.24) is 0 Å². The van der Waals surface area contributed by atoms with Gasteiger partial charge in [0.25, 0.3) is 0 Å². The molecule has 0 aromatic heterocycles. The zero-order valence-electron chi connectivity index (χ0n) is 9.91. The molecule has 14 heavy (non-hydrogen) atoms. The minimum Gasteiger partial charge on any atom is -0.0783 e. The lowest BCUT2D eigenvalue weighted by Crippen LogP contribution is -2.09. The molecular weight excluding hydrogens is 304 g/mol. The molecule has 0 spiro atoms. The number of allylic oxidation sites excluding steroid dienone is 2. The van der Waals surface area contributed by atoms with Crippen molar-refractivity contribution < 1.29 is 0 Å². The van der Waals surface area contributed by atoms with Gasteiger partial charge in [0, 0.05) is 4.48 Å². The van der Waals surface area contributed by atoms with Crippen molar-refractivity contribution >= 4 is 31.9 Å². The molecule has 0 atom stereocenters. The van der Waals surface area contributed by atoms with E-state index in [1.54, 1.807) is 0 Å².